The predicted octanol–water partition coefficient (Wildman–Crippen LogP) is 1.76. The van der Waals surface area contributed by atoms with Gasteiger partial charge in [0.25, 0.3) is 0 Å². The first kappa shape index (κ1) is 15.0. The molecule has 21 heavy (non-hydrogen) atoms. The SMILES string of the molecule is CCC1(C)NC(c2cccs2)N(CC2COCCO2)C1=O. The molecule has 6 heteroatoms. The first-order valence-electron chi connectivity index (χ1n) is 7.45. The fourth-order valence-electron chi connectivity index (χ4n) is 2.85. The summed E-state index contributed by atoms with van der Waals surface area (Å²) in [4.78, 5) is 15.9. The monoisotopic (exact) mass is 310 g/mol. The van der Waals surface area contributed by atoms with E-state index in [1.165, 1.54) is 0 Å². The van der Waals surface area contributed by atoms with Gasteiger partial charge in [0.05, 0.1) is 38.0 Å². The molecule has 0 saturated carbocycles. The van der Waals surface area contributed by atoms with E-state index in [9.17, 15) is 4.79 Å². The molecule has 2 aliphatic rings. The topological polar surface area (TPSA) is 50.8 Å². The molecule has 1 aromatic heterocycles. The Hall–Kier alpha value is -0.950. The lowest BCUT2D eigenvalue weighted by atomic mass is 9.99. The molecular formula is C15H22N2O3S. The van der Waals surface area contributed by atoms with Crippen molar-refractivity contribution in [3.05, 3.63) is 22.4 Å². The van der Waals surface area contributed by atoms with E-state index in [-0.39, 0.29) is 18.2 Å². The number of carbonyl (C=O) groups is 1. The zero-order chi connectivity index (χ0) is 14.9. The molecule has 116 valence electrons. The number of thiophene rings is 1. The third-order valence-electron chi connectivity index (χ3n) is 4.30. The lowest BCUT2D eigenvalue weighted by Gasteiger charge is -2.30. The molecule has 3 atom stereocenters. The summed E-state index contributed by atoms with van der Waals surface area (Å²) in [5.74, 6) is 0.151. The van der Waals surface area contributed by atoms with Crippen molar-refractivity contribution in [2.75, 3.05) is 26.4 Å². The minimum atomic E-state index is -0.496. The van der Waals surface area contributed by atoms with E-state index in [2.05, 4.69) is 11.4 Å². The Balaban J connectivity index is 1.81. The molecule has 0 radical (unpaired) electrons. The second-order valence-corrected chi connectivity index (χ2v) is 6.75. The smallest absolute Gasteiger partial charge is 0.244 e. The van der Waals surface area contributed by atoms with Gasteiger partial charge in [-0.05, 0) is 24.8 Å². The van der Waals surface area contributed by atoms with E-state index >= 15 is 0 Å². The maximum Gasteiger partial charge on any atom is 0.244 e. The second kappa shape index (κ2) is 6.04. The van der Waals surface area contributed by atoms with Gasteiger partial charge in [-0.3, -0.25) is 10.1 Å². The van der Waals surface area contributed by atoms with Gasteiger partial charge in [0, 0.05) is 4.88 Å². The van der Waals surface area contributed by atoms with E-state index in [4.69, 9.17) is 9.47 Å². The summed E-state index contributed by atoms with van der Waals surface area (Å²) in [6.07, 6.45) is 0.672. The van der Waals surface area contributed by atoms with Crippen LogP contribution in [0.25, 0.3) is 0 Å². The molecule has 1 aromatic rings. The minimum Gasteiger partial charge on any atom is -0.376 e. The van der Waals surface area contributed by atoms with Crippen LogP contribution in [0.5, 0.6) is 0 Å². The van der Waals surface area contributed by atoms with Crippen molar-refractivity contribution < 1.29 is 14.3 Å². The molecule has 3 rings (SSSR count). The molecule has 5 nitrogen and oxygen atoms in total. The summed E-state index contributed by atoms with van der Waals surface area (Å²) in [6, 6.07) is 4.09. The summed E-state index contributed by atoms with van der Waals surface area (Å²) in [6.45, 7) is 6.40. The van der Waals surface area contributed by atoms with Gasteiger partial charge in [-0.15, -0.1) is 11.3 Å². The van der Waals surface area contributed by atoms with Crippen LogP contribution in [0.3, 0.4) is 0 Å². The number of hydrogen-bond donors (Lipinski definition) is 1. The molecule has 1 amide bonds. The zero-order valence-electron chi connectivity index (χ0n) is 12.5. The van der Waals surface area contributed by atoms with E-state index < -0.39 is 5.54 Å². The lowest BCUT2D eigenvalue weighted by molar-refractivity contribution is -0.139. The van der Waals surface area contributed by atoms with Gasteiger partial charge in [-0.1, -0.05) is 13.0 Å². The van der Waals surface area contributed by atoms with E-state index in [0.29, 0.717) is 26.4 Å². The van der Waals surface area contributed by atoms with Crippen molar-refractivity contribution >= 4 is 17.2 Å². The number of nitrogens with zero attached hydrogens (tertiary/aromatic N) is 1. The fourth-order valence-corrected chi connectivity index (χ4v) is 3.64. The Morgan fingerprint density at radius 1 is 1.52 bits per heavy atom. The minimum absolute atomic E-state index is 0.0360. The van der Waals surface area contributed by atoms with Gasteiger partial charge >= 0.3 is 0 Å². The Morgan fingerprint density at radius 2 is 2.38 bits per heavy atom. The Kier molecular flexibility index (Phi) is 4.31. The van der Waals surface area contributed by atoms with Crippen LogP contribution in [0.4, 0.5) is 0 Å². The maximum atomic E-state index is 12.8. The number of amides is 1. The first-order valence-corrected chi connectivity index (χ1v) is 8.33. The number of ether oxygens (including phenoxy) is 2. The highest BCUT2D eigenvalue weighted by atomic mass is 32.1. The van der Waals surface area contributed by atoms with Gasteiger partial charge in [0.2, 0.25) is 5.91 Å². The lowest BCUT2D eigenvalue weighted by Crippen LogP contribution is -2.45. The van der Waals surface area contributed by atoms with Gasteiger partial charge in [0.15, 0.2) is 0 Å². The van der Waals surface area contributed by atoms with Crippen LogP contribution in [0.1, 0.15) is 31.3 Å². The van der Waals surface area contributed by atoms with Gasteiger partial charge in [-0.25, -0.2) is 0 Å². The summed E-state index contributed by atoms with van der Waals surface area (Å²) >= 11 is 1.67. The average molecular weight is 310 g/mol. The van der Waals surface area contributed by atoms with Crippen molar-refractivity contribution in [3.8, 4) is 0 Å². The van der Waals surface area contributed by atoms with E-state index in [0.717, 1.165) is 11.3 Å². The number of hydrogen-bond acceptors (Lipinski definition) is 5. The third-order valence-corrected chi connectivity index (χ3v) is 5.23. The summed E-state index contributed by atoms with van der Waals surface area (Å²) in [7, 11) is 0. The molecule has 3 heterocycles. The molecule has 2 saturated heterocycles. The zero-order valence-corrected chi connectivity index (χ0v) is 13.3. The van der Waals surface area contributed by atoms with Crippen molar-refractivity contribution in [1.29, 1.82) is 0 Å². The van der Waals surface area contributed by atoms with Crippen LogP contribution in [-0.2, 0) is 14.3 Å². The van der Waals surface area contributed by atoms with Crippen LogP contribution >= 0.6 is 11.3 Å². The number of carbonyl (C=O) groups excluding carboxylic acids is 1. The van der Waals surface area contributed by atoms with Gasteiger partial charge in [0.1, 0.15) is 6.17 Å². The summed E-state index contributed by atoms with van der Waals surface area (Å²) < 4.78 is 11.2. The van der Waals surface area contributed by atoms with Crippen molar-refractivity contribution in [2.45, 2.75) is 38.1 Å². The molecule has 2 aliphatic heterocycles. The van der Waals surface area contributed by atoms with Crippen molar-refractivity contribution in [3.63, 3.8) is 0 Å². The molecule has 0 spiro atoms. The molecule has 3 unspecified atom stereocenters. The Labute approximate surface area is 129 Å². The Morgan fingerprint density at radius 3 is 3.00 bits per heavy atom. The fraction of sp³-hybridized carbons (Fsp3) is 0.667. The highest BCUT2D eigenvalue weighted by Gasteiger charge is 2.48. The van der Waals surface area contributed by atoms with Crippen LogP contribution in [0, 0.1) is 0 Å². The van der Waals surface area contributed by atoms with E-state index in [1.807, 2.05) is 30.2 Å². The molecule has 0 aliphatic carbocycles. The predicted molar refractivity (Wildman–Crippen MR) is 81.2 cm³/mol. The standard InChI is InChI=1S/C15H22N2O3S/c1-3-15(2)14(18)17(9-11-10-19-6-7-20-11)13(16-15)12-5-4-8-21-12/h4-5,8,11,13,16H,3,6-7,9-10H2,1-2H3. The average Bonchev–Trinajstić information content (AvgIpc) is 3.11. The van der Waals surface area contributed by atoms with Crippen LogP contribution in [0.15, 0.2) is 17.5 Å². The normalized spacial score (nSPS) is 33.6. The summed E-state index contributed by atoms with van der Waals surface area (Å²) in [5, 5.41) is 5.54. The van der Waals surface area contributed by atoms with Crippen molar-refractivity contribution in [1.82, 2.24) is 10.2 Å². The highest BCUT2D eigenvalue weighted by Crippen LogP contribution is 2.34. The maximum absolute atomic E-state index is 12.8. The van der Waals surface area contributed by atoms with Gasteiger partial charge < -0.3 is 14.4 Å². The Bertz CT molecular complexity index is 487. The largest absolute Gasteiger partial charge is 0.376 e. The first-order chi connectivity index (χ1) is 10.1. The number of nitrogens with one attached hydrogen (secondary N) is 1. The quantitative estimate of drug-likeness (QED) is 0.921. The molecular weight excluding hydrogens is 288 g/mol. The molecule has 1 N–H and O–H groups in total. The van der Waals surface area contributed by atoms with Crippen LogP contribution in [0.2, 0.25) is 0 Å². The van der Waals surface area contributed by atoms with Crippen molar-refractivity contribution in [2.24, 2.45) is 0 Å². The third kappa shape index (κ3) is 2.85. The highest BCUT2D eigenvalue weighted by molar-refractivity contribution is 7.10. The second-order valence-electron chi connectivity index (χ2n) is 5.77. The molecule has 0 bridgehead atoms. The molecule has 0 aromatic carbocycles. The number of rotatable bonds is 4. The van der Waals surface area contributed by atoms with Crippen LogP contribution < -0.4 is 5.32 Å². The van der Waals surface area contributed by atoms with E-state index in [1.54, 1.807) is 11.3 Å². The van der Waals surface area contributed by atoms with Gasteiger partial charge in [-0.2, -0.15) is 0 Å². The molecule has 2 fully saturated rings. The summed E-state index contributed by atoms with van der Waals surface area (Å²) in [5.41, 5.74) is -0.496. The van der Waals surface area contributed by atoms with Crippen LogP contribution in [-0.4, -0.2) is 48.8 Å².